The molecule has 0 radical (unpaired) electrons. The van der Waals surface area contributed by atoms with E-state index in [0.717, 1.165) is 38.4 Å². The monoisotopic (exact) mass is 240 g/mol. The van der Waals surface area contributed by atoms with Crippen LogP contribution < -0.4 is 5.32 Å². The molecule has 0 spiro atoms. The fraction of sp³-hybridized carbons (Fsp3) is 0.923. The number of carbonyl (C=O) groups excluding carboxylic acids is 1. The molecular weight excluding hydrogens is 216 g/mol. The molecule has 1 N–H and O–H groups in total. The first-order valence-corrected chi connectivity index (χ1v) is 6.92. The summed E-state index contributed by atoms with van der Waals surface area (Å²) in [4.78, 5) is 14.3. The van der Waals surface area contributed by atoms with Crippen LogP contribution in [0, 0.1) is 5.92 Å². The van der Waals surface area contributed by atoms with E-state index in [0.29, 0.717) is 13.2 Å². The van der Waals surface area contributed by atoms with Crippen LogP contribution in [0.3, 0.4) is 0 Å². The fourth-order valence-electron chi connectivity index (χ4n) is 2.72. The van der Waals surface area contributed by atoms with Gasteiger partial charge in [0.25, 0.3) is 5.91 Å². The highest BCUT2D eigenvalue weighted by Gasteiger charge is 2.28. The van der Waals surface area contributed by atoms with Crippen molar-refractivity contribution in [2.24, 2.45) is 5.92 Å². The van der Waals surface area contributed by atoms with Crippen molar-refractivity contribution in [2.45, 2.75) is 38.7 Å². The van der Waals surface area contributed by atoms with Crippen LogP contribution in [0.15, 0.2) is 0 Å². The summed E-state index contributed by atoms with van der Waals surface area (Å²) in [7, 11) is 0. The normalized spacial score (nSPS) is 31.0. The van der Waals surface area contributed by atoms with Crippen LogP contribution in [0.25, 0.3) is 0 Å². The van der Waals surface area contributed by atoms with Gasteiger partial charge in [0, 0.05) is 26.2 Å². The number of rotatable bonds is 2. The zero-order valence-corrected chi connectivity index (χ0v) is 10.8. The second-order valence-electron chi connectivity index (χ2n) is 5.09. The second-order valence-corrected chi connectivity index (χ2v) is 5.09. The molecule has 0 aromatic carbocycles. The van der Waals surface area contributed by atoms with Crippen LogP contribution in [-0.4, -0.2) is 49.7 Å². The molecule has 2 aliphatic rings. The van der Waals surface area contributed by atoms with E-state index in [9.17, 15) is 4.79 Å². The lowest BCUT2D eigenvalue weighted by atomic mass is 9.98. The van der Waals surface area contributed by atoms with Crippen LogP contribution in [0.4, 0.5) is 0 Å². The summed E-state index contributed by atoms with van der Waals surface area (Å²) < 4.78 is 5.53. The summed E-state index contributed by atoms with van der Waals surface area (Å²) in [5.74, 6) is 0.993. The third-order valence-corrected chi connectivity index (χ3v) is 3.94. The summed E-state index contributed by atoms with van der Waals surface area (Å²) in [6.07, 6.45) is 4.56. The molecule has 2 rings (SSSR count). The number of nitrogens with zero attached hydrogens (tertiary/aromatic N) is 1. The topological polar surface area (TPSA) is 41.6 Å². The van der Waals surface area contributed by atoms with E-state index >= 15 is 0 Å². The fourth-order valence-corrected chi connectivity index (χ4v) is 2.72. The van der Waals surface area contributed by atoms with E-state index in [1.807, 2.05) is 4.90 Å². The summed E-state index contributed by atoms with van der Waals surface area (Å²) in [6.45, 7) is 6.26. The summed E-state index contributed by atoms with van der Waals surface area (Å²) in [6, 6.07) is 0. The van der Waals surface area contributed by atoms with Gasteiger partial charge in [-0.2, -0.15) is 0 Å². The number of morpholine rings is 1. The van der Waals surface area contributed by atoms with Crippen molar-refractivity contribution in [1.29, 1.82) is 0 Å². The van der Waals surface area contributed by atoms with E-state index in [-0.39, 0.29) is 12.0 Å². The minimum absolute atomic E-state index is 0.189. The minimum Gasteiger partial charge on any atom is -0.366 e. The van der Waals surface area contributed by atoms with Crippen molar-refractivity contribution in [2.75, 3.05) is 32.8 Å². The lowest BCUT2D eigenvalue weighted by Gasteiger charge is -2.29. The molecule has 4 nitrogen and oxygen atoms in total. The standard InChI is InChI=1S/C13H24N2O2/c1-2-11-4-3-7-15(8-5-11)13(16)12-10-14-6-9-17-12/h11-12,14H,2-10H2,1H3. The minimum atomic E-state index is -0.248. The van der Waals surface area contributed by atoms with Gasteiger partial charge in [0.1, 0.15) is 6.10 Å². The summed E-state index contributed by atoms with van der Waals surface area (Å²) in [5, 5.41) is 3.22. The first kappa shape index (κ1) is 12.8. The van der Waals surface area contributed by atoms with E-state index in [1.54, 1.807) is 0 Å². The Kier molecular flexibility index (Phi) is 4.80. The van der Waals surface area contributed by atoms with Gasteiger partial charge >= 0.3 is 0 Å². The highest BCUT2D eigenvalue weighted by molar-refractivity contribution is 5.81. The summed E-state index contributed by atoms with van der Waals surface area (Å²) >= 11 is 0. The Balaban J connectivity index is 1.85. The number of hydrogen-bond donors (Lipinski definition) is 1. The number of hydrogen-bond acceptors (Lipinski definition) is 3. The largest absolute Gasteiger partial charge is 0.366 e. The molecule has 0 aromatic rings. The Morgan fingerprint density at radius 2 is 2.29 bits per heavy atom. The van der Waals surface area contributed by atoms with Crippen LogP contribution in [0.2, 0.25) is 0 Å². The van der Waals surface area contributed by atoms with Crippen LogP contribution in [-0.2, 0) is 9.53 Å². The van der Waals surface area contributed by atoms with Crippen LogP contribution in [0.1, 0.15) is 32.6 Å². The number of amides is 1. The molecule has 0 aromatic heterocycles. The van der Waals surface area contributed by atoms with E-state index in [4.69, 9.17) is 4.74 Å². The van der Waals surface area contributed by atoms with Gasteiger partial charge in [0.2, 0.25) is 0 Å². The average Bonchev–Trinajstić information content (AvgIpc) is 2.64. The van der Waals surface area contributed by atoms with Gasteiger partial charge in [-0.15, -0.1) is 0 Å². The molecule has 0 bridgehead atoms. The molecule has 2 unspecified atom stereocenters. The Labute approximate surface area is 104 Å². The molecule has 0 aliphatic carbocycles. The van der Waals surface area contributed by atoms with E-state index in [2.05, 4.69) is 12.2 Å². The first-order chi connectivity index (χ1) is 8.31. The maximum atomic E-state index is 12.3. The van der Waals surface area contributed by atoms with Gasteiger partial charge in [-0.25, -0.2) is 0 Å². The lowest BCUT2D eigenvalue weighted by molar-refractivity contribution is -0.145. The molecule has 0 saturated carbocycles. The molecule has 2 fully saturated rings. The number of likely N-dealkylation sites (tertiary alicyclic amines) is 1. The van der Waals surface area contributed by atoms with E-state index in [1.165, 1.54) is 12.8 Å². The second kappa shape index (κ2) is 6.36. The van der Waals surface area contributed by atoms with Gasteiger partial charge in [-0.05, 0) is 25.2 Å². The zero-order chi connectivity index (χ0) is 12.1. The van der Waals surface area contributed by atoms with Crippen molar-refractivity contribution in [3.05, 3.63) is 0 Å². The maximum absolute atomic E-state index is 12.3. The van der Waals surface area contributed by atoms with E-state index < -0.39 is 0 Å². The summed E-state index contributed by atoms with van der Waals surface area (Å²) in [5.41, 5.74) is 0. The van der Waals surface area contributed by atoms with Crippen LogP contribution >= 0.6 is 0 Å². The van der Waals surface area contributed by atoms with Crippen molar-refractivity contribution in [1.82, 2.24) is 10.2 Å². The Hall–Kier alpha value is -0.610. The quantitative estimate of drug-likeness (QED) is 0.783. The van der Waals surface area contributed by atoms with Crippen LogP contribution in [0.5, 0.6) is 0 Å². The Morgan fingerprint density at radius 1 is 1.41 bits per heavy atom. The number of nitrogens with one attached hydrogen (secondary N) is 1. The van der Waals surface area contributed by atoms with Crippen molar-refractivity contribution in [3.63, 3.8) is 0 Å². The van der Waals surface area contributed by atoms with Crippen molar-refractivity contribution < 1.29 is 9.53 Å². The first-order valence-electron chi connectivity index (χ1n) is 6.92. The molecule has 2 atom stereocenters. The van der Waals surface area contributed by atoms with Gasteiger partial charge in [0.05, 0.1) is 6.61 Å². The highest BCUT2D eigenvalue weighted by atomic mass is 16.5. The maximum Gasteiger partial charge on any atom is 0.253 e. The molecule has 2 heterocycles. The smallest absolute Gasteiger partial charge is 0.253 e. The molecule has 2 aliphatic heterocycles. The Bertz CT molecular complexity index is 252. The third-order valence-electron chi connectivity index (χ3n) is 3.94. The lowest BCUT2D eigenvalue weighted by Crippen LogP contribution is -2.49. The molecule has 17 heavy (non-hydrogen) atoms. The van der Waals surface area contributed by atoms with Gasteiger partial charge in [-0.1, -0.05) is 13.3 Å². The molecule has 4 heteroatoms. The van der Waals surface area contributed by atoms with Crippen molar-refractivity contribution in [3.8, 4) is 0 Å². The predicted octanol–water partition coefficient (Wildman–Crippen LogP) is 1.01. The van der Waals surface area contributed by atoms with Gasteiger partial charge in [-0.3, -0.25) is 4.79 Å². The SMILES string of the molecule is CCC1CCCN(C(=O)C2CNCCO2)CC1. The van der Waals surface area contributed by atoms with Gasteiger partial charge in [0.15, 0.2) is 0 Å². The van der Waals surface area contributed by atoms with Crippen molar-refractivity contribution >= 4 is 5.91 Å². The average molecular weight is 240 g/mol. The van der Waals surface area contributed by atoms with Gasteiger partial charge < -0.3 is 15.0 Å². The number of carbonyl (C=O) groups is 1. The molecular formula is C13H24N2O2. The third kappa shape index (κ3) is 3.42. The highest BCUT2D eigenvalue weighted by Crippen LogP contribution is 2.20. The zero-order valence-electron chi connectivity index (χ0n) is 10.8. The number of ether oxygens (including phenoxy) is 1. The molecule has 1 amide bonds. The molecule has 98 valence electrons. The Morgan fingerprint density at radius 3 is 3.00 bits per heavy atom. The predicted molar refractivity (Wildman–Crippen MR) is 66.8 cm³/mol. The molecule has 2 saturated heterocycles.